The molecule has 0 aliphatic carbocycles. The summed E-state index contributed by atoms with van der Waals surface area (Å²) in [6.07, 6.45) is 4.88. The number of aromatic nitrogens is 1. The number of nitrogens with one attached hydrogen (secondary N) is 1. The van der Waals surface area contributed by atoms with Crippen LogP contribution in [-0.2, 0) is 12.8 Å². The molecule has 0 bridgehead atoms. The van der Waals surface area contributed by atoms with Gasteiger partial charge in [-0.25, -0.2) is 4.68 Å². The number of nitrogens with zero attached hydrogens (tertiary/aromatic N) is 2. The lowest BCUT2D eigenvalue weighted by molar-refractivity contribution is 0.670. The molecule has 0 saturated carbocycles. The molecule has 136 valence electrons. The van der Waals surface area contributed by atoms with Gasteiger partial charge in [-0.2, -0.15) is 0 Å². The largest absolute Gasteiger partial charge is 0.318 e. The van der Waals surface area contributed by atoms with Gasteiger partial charge in [0.2, 0.25) is 0 Å². The van der Waals surface area contributed by atoms with Gasteiger partial charge >= 0.3 is 0 Å². The molecule has 0 amide bonds. The van der Waals surface area contributed by atoms with Crippen molar-refractivity contribution in [3.8, 4) is 11.8 Å². The average Bonchev–Trinajstić information content (AvgIpc) is 2.60. The summed E-state index contributed by atoms with van der Waals surface area (Å²) in [7, 11) is 3.89. The Balaban J connectivity index is 2.07. The van der Waals surface area contributed by atoms with Gasteiger partial charge in [0, 0.05) is 26.2 Å². The van der Waals surface area contributed by atoms with Gasteiger partial charge in [-0.05, 0) is 55.9 Å². The van der Waals surface area contributed by atoms with Crippen LogP contribution in [0.5, 0.6) is 0 Å². The first-order chi connectivity index (χ1) is 12.4. The monoisotopic (exact) mass is 347 g/mol. The number of benzene rings is 1. The minimum atomic E-state index is 0.232. The minimum Gasteiger partial charge on any atom is -0.318 e. The smallest absolute Gasteiger partial charge is 0.143 e. The van der Waals surface area contributed by atoms with Gasteiger partial charge in [-0.15, -0.1) is 12.5 Å². The molecule has 0 radical (unpaired) electrons. The number of hydrogen-bond donors (Lipinski definition) is 1. The first-order valence-corrected chi connectivity index (χ1v) is 9.00. The predicted octanol–water partition coefficient (Wildman–Crippen LogP) is 4.02. The van der Waals surface area contributed by atoms with Gasteiger partial charge in [-0.3, -0.25) is 5.41 Å². The van der Waals surface area contributed by atoms with Crippen molar-refractivity contribution in [2.45, 2.75) is 39.0 Å². The maximum Gasteiger partial charge on any atom is 0.143 e. The fraction of sp³-hybridized carbons (Fsp3) is 0.348. The van der Waals surface area contributed by atoms with Gasteiger partial charge in [0.25, 0.3) is 0 Å². The highest BCUT2D eigenvalue weighted by atomic mass is 15.5. The number of rotatable bonds is 7. The van der Waals surface area contributed by atoms with Crippen LogP contribution in [0.1, 0.15) is 42.9 Å². The molecule has 1 heterocycles. The van der Waals surface area contributed by atoms with Crippen LogP contribution in [0.4, 0.5) is 0 Å². The fourth-order valence-electron chi connectivity index (χ4n) is 2.99. The van der Waals surface area contributed by atoms with Crippen molar-refractivity contribution in [1.82, 2.24) is 4.68 Å². The Morgan fingerprint density at radius 2 is 1.73 bits per heavy atom. The second-order valence-electron chi connectivity index (χ2n) is 6.96. The molecule has 2 aromatic rings. The fourth-order valence-corrected chi connectivity index (χ4v) is 2.99. The van der Waals surface area contributed by atoms with Crippen molar-refractivity contribution < 1.29 is 0 Å². The molecule has 2 rings (SSSR count). The maximum atomic E-state index is 7.94. The molecular weight excluding hydrogens is 318 g/mol. The number of pyridine rings is 1. The summed E-state index contributed by atoms with van der Waals surface area (Å²) in [5, 5.41) is 9.86. The summed E-state index contributed by atoms with van der Waals surface area (Å²) in [6.45, 7) is 7.97. The Hall–Kier alpha value is -2.73. The van der Waals surface area contributed by atoms with E-state index in [2.05, 4.69) is 49.6 Å². The maximum absolute atomic E-state index is 7.94. The van der Waals surface area contributed by atoms with E-state index in [4.69, 9.17) is 5.41 Å². The van der Waals surface area contributed by atoms with Gasteiger partial charge in [-0.1, -0.05) is 41.8 Å². The highest BCUT2D eigenvalue weighted by molar-refractivity contribution is 5.32. The Labute approximate surface area is 157 Å². The predicted molar refractivity (Wildman–Crippen MR) is 110 cm³/mol. The zero-order valence-corrected chi connectivity index (χ0v) is 16.3. The van der Waals surface area contributed by atoms with Crippen LogP contribution in [0.25, 0.3) is 0 Å². The SMILES string of the molecule is C=C(C)CC(C#CC)c1ccc(CCc2ccc(=N)n(N(C)C)c2)cc1. The summed E-state index contributed by atoms with van der Waals surface area (Å²) in [5.74, 6) is 6.56. The first-order valence-electron chi connectivity index (χ1n) is 9.00. The highest BCUT2D eigenvalue weighted by Crippen LogP contribution is 2.23. The lowest BCUT2D eigenvalue weighted by Gasteiger charge is -2.18. The molecule has 0 saturated heterocycles. The van der Waals surface area contributed by atoms with E-state index in [1.807, 2.05) is 49.0 Å². The van der Waals surface area contributed by atoms with Crippen molar-refractivity contribution in [2.75, 3.05) is 19.1 Å². The van der Waals surface area contributed by atoms with Crippen LogP contribution in [0.15, 0.2) is 54.7 Å². The third kappa shape index (κ3) is 5.39. The highest BCUT2D eigenvalue weighted by Gasteiger charge is 2.09. The van der Waals surface area contributed by atoms with Crippen molar-refractivity contribution in [3.63, 3.8) is 0 Å². The molecule has 1 atom stereocenters. The Morgan fingerprint density at radius 3 is 2.31 bits per heavy atom. The summed E-state index contributed by atoms with van der Waals surface area (Å²) in [6, 6.07) is 12.7. The number of aryl methyl sites for hydroxylation is 2. The molecule has 0 spiro atoms. The van der Waals surface area contributed by atoms with Gasteiger partial charge in [0.1, 0.15) is 5.49 Å². The molecule has 3 heteroatoms. The van der Waals surface area contributed by atoms with Gasteiger partial charge in [0.15, 0.2) is 0 Å². The molecule has 0 aliphatic rings. The van der Waals surface area contributed by atoms with E-state index in [1.165, 1.54) is 16.7 Å². The van der Waals surface area contributed by atoms with E-state index in [-0.39, 0.29) is 5.92 Å². The zero-order chi connectivity index (χ0) is 19.1. The standard InChI is InChI=1S/C23H29N3/c1-6-7-22(16-18(2)3)21-13-10-19(11-14-21)8-9-20-12-15-23(24)26(17-20)25(4)5/h10-15,17,22,24H,2,8-9,16H2,1,3-5H3. The molecule has 1 N–H and O–H groups in total. The van der Waals surface area contributed by atoms with Crippen LogP contribution in [-0.4, -0.2) is 18.8 Å². The average molecular weight is 348 g/mol. The van der Waals surface area contributed by atoms with Crippen molar-refractivity contribution >= 4 is 0 Å². The van der Waals surface area contributed by atoms with Crippen LogP contribution in [0, 0.1) is 17.3 Å². The number of allylic oxidation sites excluding steroid dienone is 1. The van der Waals surface area contributed by atoms with Crippen molar-refractivity contribution in [3.05, 3.63) is 76.9 Å². The minimum absolute atomic E-state index is 0.232. The lowest BCUT2D eigenvalue weighted by atomic mass is 9.92. The second-order valence-corrected chi connectivity index (χ2v) is 6.96. The number of hydrogen-bond acceptors (Lipinski definition) is 2. The normalized spacial score (nSPS) is 11.4. The Bertz CT molecular complexity index is 861. The molecule has 3 nitrogen and oxygen atoms in total. The van der Waals surface area contributed by atoms with E-state index in [0.717, 1.165) is 24.8 Å². The summed E-state index contributed by atoms with van der Waals surface area (Å²) >= 11 is 0. The van der Waals surface area contributed by atoms with Crippen LogP contribution in [0.3, 0.4) is 0 Å². The molecule has 1 aromatic carbocycles. The van der Waals surface area contributed by atoms with E-state index >= 15 is 0 Å². The molecule has 0 fully saturated rings. The van der Waals surface area contributed by atoms with E-state index < -0.39 is 0 Å². The van der Waals surface area contributed by atoms with Gasteiger partial charge < -0.3 is 5.01 Å². The third-order valence-corrected chi connectivity index (χ3v) is 4.38. The lowest BCUT2D eigenvalue weighted by Crippen LogP contribution is -2.35. The Morgan fingerprint density at radius 1 is 1.12 bits per heavy atom. The zero-order valence-electron chi connectivity index (χ0n) is 16.3. The topological polar surface area (TPSA) is 32.0 Å². The molecule has 26 heavy (non-hydrogen) atoms. The van der Waals surface area contributed by atoms with E-state index in [1.54, 1.807) is 0 Å². The molecular formula is C23H29N3. The molecule has 1 aromatic heterocycles. The van der Waals surface area contributed by atoms with E-state index in [9.17, 15) is 0 Å². The van der Waals surface area contributed by atoms with Crippen molar-refractivity contribution in [2.24, 2.45) is 0 Å². The van der Waals surface area contributed by atoms with E-state index in [0.29, 0.717) is 5.49 Å². The quantitative estimate of drug-likeness (QED) is 0.595. The first kappa shape index (κ1) is 19.6. The van der Waals surface area contributed by atoms with Crippen LogP contribution >= 0.6 is 0 Å². The van der Waals surface area contributed by atoms with Gasteiger partial charge in [0.05, 0.1) is 0 Å². The van der Waals surface area contributed by atoms with Crippen LogP contribution in [0.2, 0.25) is 0 Å². The summed E-state index contributed by atoms with van der Waals surface area (Å²) in [4.78, 5) is 0. The third-order valence-electron chi connectivity index (χ3n) is 4.38. The molecule has 0 aliphatic heterocycles. The summed E-state index contributed by atoms with van der Waals surface area (Å²) in [5.41, 5.74) is 5.46. The molecule has 1 unspecified atom stereocenters. The second kappa shape index (κ2) is 9.10. The van der Waals surface area contributed by atoms with Crippen molar-refractivity contribution in [1.29, 1.82) is 5.41 Å². The van der Waals surface area contributed by atoms with Crippen LogP contribution < -0.4 is 10.5 Å². The summed E-state index contributed by atoms with van der Waals surface area (Å²) < 4.78 is 1.85. The Kier molecular flexibility index (Phi) is 6.86.